The molecule has 260 valence electrons. The van der Waals surface area contributed by atoms with Crippen molar-refractivity contribution in [2.45, 2.75) is 53.5 Å². The van der Waals surface area contributed by atoms with Gasteiger partial charge in [-0.15, -0.1) is 0 Å². The number of hydrazone groups is 1. The maximum atomic E-state index is 14.9. The van der Waals surface area contributed by atoms with Crippen LogP contribution in [-0.4, -0.2) is 50.0 Å². The molecule has 0 bridgehead atoms. The number of nitrogens with two attached hydrogens (primary N) is 2. The van der Waals surface area contributed by atoms with Crippen molar-refractivity contribution in [3.8, 4) is 5.75 Å². The molecule has 0 saturated heterocycles. The number of aromatic carboxylic acids is 1. The monoisotopic (exact) mass is 715 g/mol. The van der Waals surface area contributed by atoms with Crippen molar-refractivity contribution in [3.63, 3.8) is 0 Å². The molecule has 11 nitrogen and oxygen atoms in total. The lowest BCUT2D eigenvalue weighted by molar-refractivity contribution is 0.0690. The summed E-state index contributed by atoms with van der Waals surface area (Å²) < 4.78 is 10.1. The van der Waals surface area contributed by atoms with Gasteiger partial charge in [0.15, 0.2) is 0 Å². The first-order valence-electron chi connectivity index (χ1n) is 16.2. The number of benzene rings is 2. The number of amides is 1. The molecule has 0 aliphatic carbocycles. The minimum Gasteiger partial charge on any atom is -0.494 e. The van der Waals surface area contributed by atoms with Gasteiger partial charge in [-0.05, 0) is 94.5 Å². The van der Waals surface area contributed by atoms with Crippen molar-refractivity contribution < 1.29 is 19.4 Å². The second-order valence-corrected chi connectivity index (χ2v) is 13.7. The van der Waals surface area contributed by atoms with Crippen LogP contribution in [0.5, 0.6) is 5.75 Å². The summed E-state index contributed by atoms with van der Waals surface area (Å²) in [5.41, 5.74) is 14.2. The van der Waals surface area contributed by atoms with Crippen LogP contribution in [0.15, 0.2) is 53.4 Å². The van der Waals surface area contributed by atoms with E-state index in [1.54, 1.807) is 24.8 Å². The van der Waals surface area contributed by atoms with Gasteiger partial charge in [-0.2, -0.15) is 5.10 Å². The van der Waals surface area contributed by atoms with E-state index in [1.165, 1.54) is 6.07 Å². The third-order valence-corrected chi connectivity index (χ3v) is 10.2. The van der Waals surface area contributed by atoms with E-state index in [4.69, 9.17) is 39.5 Å². The molecule has 6 rings (SSSR count). The molecule has 50 heavy (non-hydrogen) atoms. The van der Waals surface area contributed by atoms with Crippen LogP contribution < -0.4 is 21.2 Å². The van der Waals surface area contributed by atoms with Crippen LogP contribution in [-0.2, 0) is 13.5 Å². The van der Waals surface area contributed by atoms with Crippen molar-refractivity contribution in [2.24, 2.45) is 23.7 Å². The molecule has 0 saturated carbocycles. The van der Waals surface area contributed by atoms with Crippen molar-refractivity contribution in [2.75, 3.05) is 18.1 Å². The minimum atomic E-state index is -1.15. The number of pyridine rings is 1. The quantitative estimate of drug-likeness (QED) is 0.0622. The molecule has 1 amide bonds. The summed E-state index contributed by atoms with van der Waals surface area (Å²) in [5.74, 6) is 5.11. The number of aromatic nitrogens is 3. The van der Waals surface area contributed by atoms with Crippen molar-refractivity contribution >= 4 is 74.0 Å². The van der Waals surface area contributed by atoms with Gasteiger partial charge in [0.25, 0.3) is 5.91 Å². The zero-order valence-corrected chi connectivity index (χ0v) is 30.3. The molecule has 13 heteroatoms. The van der Waals surface area contributed by atoms with Crippen LogP contribution >= 0.6 is 23.2 Å². The lowest BCUT2D eigenvalue weighted by Gasteiger charge is -2.34. The van der Waals surface area contributed by atoms with Gasteiger partial charge in [-0.25, -0.2) is 9.78 Å². The first kappa shape index (κ1) is 34.8. The summed E-state index contributed by atoms with van der Waals surface area (Å²) in [4.78, 5) is 32.9. The number of halogens is 2. The number of carbonyl (C=O) groups is 2. The molecule has 1 aliphatic heterocycles. The number of hydrogen-bond acceptors (Lipinski definition) is 7. The minimum absolute atomic E-state index is 0.101. The number of fused-ring (bicyclic) bond motifs is 4. The fourth-order valence-electron chi connectivity index (χ4n) is 7.09. The third kappa shape index (κ3) is 5.84. The second-order valence-electron chi connectivity index (χ2n) is 12.9. The maximum Gasteiger partial charge on any atom is 0.354 e. The van der Waals surface area contributed by atoms with Crippen molar-refractivity contribution in [3.05, 3.63) is 92.0 Å². The number of ether oxygens (including phenoxy) is 1. The Kier molecular flexibility index (Phi) is 9.32. The average molecular weight is 717 g/mol. The molecular formula is C37H39Cl2N7O4. The predicted molar refractivity (Wildman–Crippen MR) is 200 cm³/mol. The second kappa shape index (κ2) is 13.4. The van der Waals surface area contributed by atoms with Crippen LogP contribution in [0.4, 0.5) is 5.69 Å². The number of rotatable bonds is 9. The lowest BCUT2D eigenvalue weighted by Crippen LogP contribution is -2.42. The highest BCUT2D eigenvalue weighted by molar-refractivity contribution is 6.38. The molecule has 0 radical (unpaired) electrons. The average Bonchev–Trinajstić information content (AvgIpc) is 3.58. The Morgan fingerprint density at radius 2 is 1.84 bits per heavy atom. The third-order valence-electron chi connectivity index (χ3n) is 9.33. The normalized spacial score (nSPS) is 15.5. The summed E-state index contributed by atoms with van der Waals surface area (Å²) in [6, 6.07) is 10.5. The first-order valence-corrected chi connectivity index (χ1v) is 17.0. The highest BCUT2D eigenvalue weighted by Crippen LogP contribution is 2.43. The Hall–Kier alpha value is -5.00. The summed E-state index contributed by atoms with van der Waals surface area (Å²) in [6.07, 6.45) is 2.93. The molecule has 1 atom stereocenters. The van der Waals surface area contributed by atoms with E-state index in [-0.39, 0.29) is 17.6 Å². The summed E-state index contributed by atoms with van der Waals surface area (Å²) >= 11 is 13.3. The van der Waals surface area contributed by atoms with E-state index in [1.807, 2.05) is 67.4 Å². The van der Waals surface area contributed by atoms with Gasteiger partial charge in [0.2, 0.25) is 0 Å². The van der Waals surface area contributed by atoms with Crippen molar-refractivity contribution in [1.29, 1.82) is 0 Å². The number of nitrogens with zero attached hydrogens (tertiary/aromatic N) is 5. The van der Waals surface area contributed by atoms with Gasteiger partial charge >= 0.3 is 5.97 Å². The molecule has 2 aromatic carbocycles. The predicted octanol–water partition coefficient (Wildman–Crippen LogP) is 7.41. The molecule has 0 fully saturated rings. The van der Waals surface area contributed by atoms with Gasteiger partial charge in [0, 0.05) is 53.1 Å². The fraction of sp³-hybridized carbons (Fsp3) is 0.297. The van der Waals surface area contributed by atoms with Crippen LogP contribution in [0.3, 0.4) is 0 Å². The molecule has 0 unspecified atom stereocenters. The maximum absolute atomic E-state index is 14.9. The zero-order valence-electron chi connectivity index (χ0n) is 28.8. The standard InChI is InChI=1S/C37H39Cl2N7O4/c1-18-14-23(15-19(2)32(18)39)50-13-7-8-24-25-9-10-26(38)31(30(21(4)40)22(5)43-41)34(25)46-20(3)16-45(36(47)35(24)46)29-17-44(6)28-12-11-27(37(48)49)42-33(28)29/h9-12,14-15,17,20H,7-8,13,16,40-41H2,1-6H3,(H,48,49)/t20-/m1/s1. The van der Waals surface area contributed by atoms with Crippen LogP contribution in [0.25, 0.3) is 27.5 Å². The van der Waals surface area contributed by atoms with Gasteiger partial charge in [-0.3, -0.25) is 4.79 Å². The zero-order chi connectivity index (χ0) is 36.2. The molecule has 5 aromatic rings. The number of carbonyl (C=O) groups excluding carboxylic acids is 1. The van der Waals surface area contributed by atoms with E-state index in [2.05, 4.69) is 10.1 Å². The number of carboxylic acid groups (broad SMARTS) is 1. The molecular weight excluding hydrogens is 677 g/mol. The Morgan fingerprint density at radius 1 is 1.14 bits per heavy atom. The lowest BCUT2D eigenvalue weighted by atomic mass is 9.96. The summed E-state index contributed by atoms with van der Waals surface area (Å²) in [7, 11) is 1.84. The SMILES string of the molecule is CC(=NN)C(=C(C)N)c1c(Cl)ccc2c(CCCOc3cc(C)c(Cl)c(C)c3)c3n(c12)[C@H](C)CN(c1cn(C)c2ccc(C(=O)O)nc12)C3=O. The Labute approximate surface area is 299 Å². The number of hydrogen-bond donors (Lipinski definition) is 3. The first-order chi connectivity index (χ1) is 23.7. The number of anilines is 1. The van der Waals surface area contributed by atoms with Gasteiger partial charge in [-0.1, -0.05) is 29.3 Å². The van der Waals surface area contributed by atoms with Gasteiger partial charge < -0.3 is 35.5 Å². The fourth-order valence-corrected chi connectivity index (χ4v) is 7.44. The van der Waals surface area contributed by atoms with Crippen LogP contribution in [0.2, 0.25) is 10.0 Å². The largest absolute Gasteiger partial charge is 0.494 e. The molecule has 4 heterocycles. The summed E-state index contributed by atoms with van der Waals surface area (Å²) in [6.45, 7) is 10.2. The summed E-state index contributed by atoms with van der Waals surface area (Å²) in [5, 5.41) is 15.7. The van der Waals surface area contributed by atoms with Gasteiger partial charge in [0.05, 0.1) is 34.1 Å². The Morgan fingerprint density at radius 3 is 2.48 bits per heavy atom. The molecule has 5 N–H and O–H groups in total. The Balaban J connectivity index is 1.51. The van der Waals surface area contributed by atoms with E-state index < -0.39 is 5.97 Å². The number of carboxylic acids is 1. The molecule has 0 spiro atoms. The smallest absolute Gasteiger partial charge is 0.354 e. The molecule has 1 aliphatic rings. The van der Waals surface area contributed by atoms with E-state index >= 15 is 0 Å². The highest BCUT2D eigenvalue weighted by Gasteiger charge is 2.38. The molecule has 3 aromatic heterocycles. The van der Waals surface area contributed by atoms with E-state index in [9.17, 15) is 14.7 Å². The van der Waals surface area contributed by atoms with E-state index in [0.717, 1.165) is 33.3 Å². The number of aryl methyl sites for hydroxylation is 4. The highest BCUT2D eigenvalue weighted by atomic mass is 35.5. The Bertz CT molecular complexity index is 2260. The van der Waals surface area contributed by atoms with E-state index in [0.29, 0.717) is 81.0 Å². The van der Waals surface area contributed by atoms with Crippen LogP contribution in [0.1, 0.15) is 76.5 Å². The van der Waals surface area contributed by atoms with Gasteiger partial charge in [0.1, 0.15) is 22.7 Å². The van der Waals surface area contributed by atoms with Crippen LogP contribution in [0, 0.1) is 13.8 Å². The van der Waals surface area contributed by atoms with Crippen molar-refractivity contribution in [1.82, 2.24) is 14.1 Å². The number of allylic oxidation sites excluding steroid dienone is 2. The topological polar surface area (TPSA) is 154 Å².